The van der Waals surface area contributed by atoms with Gasteiger partial charge in [0, 0.05) is 23.7 Å². The van der Waals surface area contributed by atoms with E-state index in [1.165, 1.54) is 24.8 Å². The molecule has 36 heavy (non-hydrogen) atoms. The molecule has 0 aliphatic rings. The van der Waals surface area contributed by atoms with Crippen molar-refractivity contribution in [2.24, 2.45) is 0 Å². The summed E-state index contributed by atoms with van der Waals surface area (Å²) in [6.45, 7) is 4.64. The number of hydrogen-bond acceptors (Lipinski definition) is 7. The van der Waals surface area contributed by atoms with Crippen molar-refractivity contribution in [1.29, 1.82) is 0 Å². The molecule has 0 atom stereocenters. The van der Waals surface area contributed by atoms with E-state index in [1.807, 2.05) is 42.5 Å². The Hall–Kier alpha value is -4.31. The summed E-state index contributed by atoms with van der Waals surface area (Å²) in [5.41, 5.74) is 4.33. The minimum atomic E-state index is -0.611. The van der Waals surface area contributed by atoms with E-state index in [1.54, 1.807) is 0 Å². The lowest BCUT2D eigenvalue weighted by Gasteiger charge is -2.10. The maximum Gasteiger partial charge on any atom is 0.311 e. The van der Waals surface area contributed by atoms with E-state index in [2.05, 4.69) is 29.5 Å². The zero-order valence-electron chi connectivity index (χ0n) is 19.9. The van der Waals surface area contributed by atoms with Gasteiger partial charge in [0.2, 0.25) is 5.89 Å². The van der Waals surface area contributed by atoms with Crippen LogP contribution in [0.5, 0.6) is 5.75 Å². The predicted molar refractivity (Wildman–Crippen MR) is 140 cm³/mol. The SMILES string of the molecule is COc1ccc(C(=O)NC(=S)NCc2ccc(-c3nc4cc(C(C)C)ccc4o3)cc2)cc1[N+](=O)[O-]. The highest BCUT2D eigenvalue weighted by atomic mass is 32.1. The molecule has 0 aliphatic carbocycles. The van der Waals surface area contributed by atoms with Crippen molar-refractivity contribution < 1.29 is 18.9 Å². The molecule has 4 rings (SSSR count). The lowest BCUT2D eigenvalue weighted by Crippen LogP contribution is -2.38. The first-order valence-electron chi connectivity index (χ1n) is 11.2. The Morgan fingerprint density at radius 2 is 1.89 bits per heavy atom. The lowest BCUT2D eigenvalue weighted by atomic mass is 10.0. The average molecular weight is 505 g/mol. The van der Waals surface area contributed by atoms with Crippen LogP contribution in [0.25, 0.3) is 22.6 Å². The largest absolute Gasteiger partial charge is 0.490 e. The molecule has 0 aliphatic heterocycles. The molecule has 0 unspecified atom stereocenters. The molecule has 1 aromatic heterocycles. The second kappa shape index (κ2) is 10.5. The molecule has 0 radical (unpaired) electrons. The van der Waals surface area contributed by atoms with E-state index in [0.717, 1.165) is 28.3 Å². The van der Waals surface area contributed by atoms with Gasteiger partial charge in [-0.2, -0.15) is 0 Å². The lowest BCUT2D eigenvalue weighted by molar-refractivity contribution is -0.385. The van der Waals surface area contributed by atoms with Crippen molar-refractivity contribution in [3.8, 4) is 17.2 Å². The van der Waals surface area contributed by atoms with Crippen LogP contribution in [0.15, 0.2) is 65.1 Å². The number of thiocarbonyl (C=S) groups is 1. The van der Waals surface area contributed by atoms with Crippen molar-refractivity contribution >= 4 is 40.0 Å². The zero-order valence-corrected chi connectivity index (χ0v) is 20.7. The molecule has 10 heteroatoms. The molecule has 4 aromatic rings. The van der Waals surface area contributed by atoms with E-state index < -0.39 is 10.8 Å². The first kappa shape index (κ1) is 24.8. The van der Waals surface area contributed by atoms with Crippen LogP contribution in [0.3, 0.4) is 0 Å². The Morgan fingerprint density at radius 1 is 1.14 bits per heavy atom. The van der Waals surface area contributed by atoms with Crippen LogP contribution in [0.1, 0.15) is 41.3 Å². The number of nitro groups is 1. The van der Waals surface area contributed by atoms with Gasteiger partial charge in [-0.1, -0.05) is 32.0 Å². The molecule has 1 amide bonds. The van der Waals surface area contributed by atoms with Crippen LogP contribution in [0, 0.1) is 10.1 Å². The molecule has 3 aromatic carbocycles. The summed E-state index contributed by atoms with van der Waals surface area (Å²) < 4.78 is 10.9. The predicted octanol–water partition coefficient (Wildman–Crippen LogP) is 5.34. The van der Waals surface area contributed by atoms with Gasteiger partial charge < -0.3 is 14.5 Å². The molecule has 0 bridgehead atoms. The highest BCUT2D eigenvalue weighted by Gasteiger charge is 2.18. The van der Waals surface area contributed by atoms with Gasteiger partial charge in [0.05, 0.1) is 12.0 Å². The minimum absolute atomic E-state index is 0.0684. The van der Waals surface area contributed by atoms with Gasteiger partial charge in [-0.15, -0.1) is 0 Å². The first-order chi connectivity index (χ1) is 17.2. The van der Waals surface area contributed by atoms with Gasteiger partial charge in [0.15, 0.2) is 16.4 Å². The number of aromatic nitrogens is 1. The number of rotatable bonds is 7. The van der Waals surface area contributed by atoms with Gasteiger partial charge in [-0.05, 0) is 65.7 Å². The fraction of sp³-hybridized carbons (Fsp3) is 0.192. The van der Waals surface area contributed by atoms with Crippen molar-refractivity contribution in [2.75, 3.05) is 7.11 Å². The fourth-order valence-corrected chi connectivity index (χ4v) is 3.73. The van der Waals surface area contributed by atoms with Crippen LogP contribution in [0.4, 0.5) is 5.69 Å². The number of oxazole rings is 1. The van der Waals surface area contributed by atoms with Crippen molar-refractivity contribution in [3.05, 3.63) is 87.5 Å². The summed E-state index contributed by atoms with van der Waals surface area (Å²) in [7, 11) is 1.32. The number of fused-ring (bicyclic) bond motifs is 1. The Bertz CT molecular complexity index is 1450. The standard InChI is InChI=1S/C26H24N4O5S/c1-15(2)18-8-10-22-20(12-18)28-25(35-22)17-6-4-16(5-7-17)14-27-26(36)29-24(31)19-9-11-23(34-3)21(13-19)30(32)33/h4-13,15H,14H2,1-3H3,(H2,27,29,31,36). The average Bonchev–Trinajstić information content (AvgIpc) is 3.30. The highest BCUT2D eigenvalue weighted by Crippen LogP contribution is 2.28. The molecule has 0 saturated heterocycles. The number of carbonyl (C=O) groups excluding carboxylic acids is 1. The van der Waals surface area contributed by atoms with Crippen molar-refractivity contribution in [1.82, 2.24) is 15.6 Å². The summed E-state index contributed by atoms with van der Waals surface area (Å²) in [6, 6.07) is 17.6. The molecular formula is C26H24N4O5S. The van der Waals surface area contributed by atoms with Gasteiger partial charge in [0.25, 0.3) is 5.91 Å². The third-order valence-electron chi connectivity index (χ3n) is 5.60. The number of nitrogens with zero attached hydrogens (tertiary/aromatic N) is 2. The number of carbonyl (C=O) groups is 1. The van der Waals surface area contributed by atoms with Crippen molar-refractivity contribution in [2.45, 2.75) is 26.3 Å². The van der Waals surface area contributed by atoms with Crippen LogP contribution < -0.4 is 15.4 Å². The summed E-state index contributed by atoms with van der Waals surface area (Å²) in [5.74, 6) is 0.456. The maximum absolute atomic E-state index is 12.5. The monoisotopic (exact) mass is 504 g/mol. The van der Waals surface area contributed by atoms with Crippen LogP contribution in [-0.2, 0) is 6.54 Å². The van der Waals surface area contributed by atoms with E-state index in [0.29, 0.717) is 18.4 Å². The zero-order chi connectivity index (χ0) is 25.8. The van der Waals surface area contributed by atoms with Crippen LogP contribution >= 0.6 is 12.2 Å². The van der Waals surface area contributed by atoms with Gasteiger partial charge in [0.1, 0.15) is 5.52 Å². The Labute approximate surface area is 212 Å². The van der Waals surface area contributed by atoms with E-state index in [4.69, 9.17) is 21.4 Å². The number of nitro benzene ring substituents is 1. The summed E-state index contributed by atoms with van der Waals surface area (Å²) in [4.78, 5) is 27.6. The molecule has 0 spiro atoms. The first-order valence-corrected chi connectivity index (χ1v) is 11.6. The highest BCUT2D eigenvalue weighted by molar-refractivity contribution is 7.80. The molecule has 1 heterocycles. The second-order valence-corrected chi connectivity index (χ2v) is 8.79. The molecular weight excluding hydrogens is 480 g/mol. The normalized spacial score (nSPS) is 10.9. The fourth-order valence-electron chi connectivity index (χ4n) is 3.57. The summed E-state index contributed by atoms with van der Waals surface area (Å²) >= 11 is 5.20. The molecule has 0 fully saturated rings. The Morgan fingerprint density at radius 3 is 2.56 bits per heavy atom. The summed E-state index contributed by atoms with van der Waals surface area (Å²) in [5, 5.41) is 16.8. The number of hydrogen-bond donors (Lipinski definition) is 2. The third kappa shape index (κ3) is 5.49. The molecule has 184 valence electrons. The Balaban J connectivity index is 1.36. The number of amides is 1. The van der Waals surface area contributed by atoms with Crippen LogP contribution in [0.2, 0.25) is 0 Å². The smallest absolute Gasteiger partial charge is 0.311 e. The van der Waals surface area contributed by atoms with Gasteiger partial charge in [-0.25, -0.2) is 4.98 Å². The topological polar surface area (TPSA) is 120 Å². The van der Waals surface area contributed by atoms with Crippen molar-refractivity contribution in [3.63, 3.8) is 0 Å². The second-order valence-electron chi connectivity index (χ2n) is 8.38. The number of ether oxygens (including phenoxy) is 1. The van der Waals surface area contributed by atoms with Gasteiger partial charge >= 0.3 is 5.69 Å². The van der Waals surface area contributed by atoms with E-state index >= 15 is 0 Å². The maximum atomic E-state index is 12.5. The molecule has 0 saturated carbocycles. The molecule has 9 nitrogen and oxygen atoms in total. The van der Waals surface area contributed by atoms with E-state index in [-0.39, 0.29) is 22.1 Å². The van der Waals surface area contributed by atoms with Gasteiger partial charge in [-0.3, -0.25) is 20.2 Å². The third-order valence-corrected chi connectivity index (χ3v) is 5.84. The van der Waals surface area contributed by atoms with Crippen LogP contribution in [-0.4, -0.2) is 28.0 Å². The number of nitrogens with one attached hydrogen (secondary N) is 2. The minimum Gasteiger partial charge on any atom is -0.490 e. The Kier molecular flexibility index (Phi) is 7.25. The number of benzene rings is 3. The van der Waals surface area contributed by atoms with E-state index in [9.17, 15) is 14.9 Å². The molecule has 2 N–H and O–H groups in total. The quantitative estimate of drug-likeness (QED) is 0.197. The summed E-state index contributed by atoms with van der Waals surface area (Å²) in [6.07, 6.45) is 0. The number of methoxy groups -OCH3 is 1.